The summed E-state index contributed by atoms with van der Waals surface area (Å²) in [6.45, 7) is 3.31. The van der Waals surface area contributed by atoms with Gasteiger partial charge in [0, 0.05) is 24.5 Å². The molecule has 5 nitrogen and oxygen atoms in total. The first-order valence-corrected chi connectivity index (χ1v) is 7.26. The van der Waals surface area contributed by atoms with E-state index in [1.54, 1.807) is 18.2 Å². The minimum Gasteiger partial charge on any atom is -0.478 e. The van der Waals surface area contributed by atoms with Crippen LogP contribution in [0.25, 0.3) is 0 Å². The summed E-state index contributed by atoms with van der Waals surface area (Å²) in [6, 6.07) is 14.9. The molecule has 22 heavy (non-hydrogen) atoms. The van der Waals surface area contributed by atoms with Crippen molar-refractivity contribution in [2.24, 2.45) is 0 Å². The molecule has 1 saturated heterocycles. The molecule has 0 bridgehead atoms. The highest BCUT2D eigenvalue weighted by atomic mass is 16.5. The third kappa shape index (κ3) is 3.20. The molecule has 0 radical (unpaired) electrons. The second-order valence-corrected chi connectivity index (χ2v) is 5.12. The van der Waals surface area contributed by atoms with Gasteiger partial charge in [0.25, 0.3) is 0 Å². The molecule has 0 saturated carbocycles. The van der Waals surface area contributed by atoms with E-state index in [1.807, 2.05) is 30.3 Å². The van der Waals surface area contributed by atoms with Crippen LogP contribution in [0, 0.1) is 0 Å². The number of carbonyl (C=O) groups is 1. The van der Waals surface area contributed by atoms with Gasteiger partial charge in [0.1, 0.15) is 0 Å². The summed E-state index contributed by atoms with van der Waals surface area (Å²) < 4.78 is 5.35. The highest BCUT2D eigenvalue weighted by Gasteiger charge is 2.12. The van der Waals surface area contributed by atoms with E-state index in [2.05, 4.69) is 10.2 Å². The maximum atomic E-state index is 11.2. The van der Waals surface area contributed by atoms with Gasteiger partial charge in [-0.2, -0.15) is 0 Å². The van der Waals surface area contributed by atoms with Gasteiger partial charge >= 0.3 is 5.97 Å². The van der Waals surface area contributed by atoms with Gasteiger partial charge in [-0.25, -0.2) is 4.79 Å². The zero-order chi connectivity index (χ0) is 15.4. The van der Waals surface area contributed by atoms with Crippen molar-refractivity contribution in [1.82, 2.24) is 0 Å². The van der Waals surface area contributed by atoms with Crippen LogP contribution in [0.4, 0.5) is 17.1 Å². The number of nitrogens with zero attached hydrogens (tertiary/aromatic N) is 1. The van der Waals surface area contributed by atoms with E-state index in [4.69, 9.17) is 4.74 Å². The van der Waals surface area contributed by atoms with E-state index in [0.717, 1.165) is 37.7 Å². The number of rotatable bonds is 4. The summed E-state index contributed by atoms with van der Waals surface area (Å²) in [6.07, 6.45) is 0. The van der Waals surface area contributed by atoms with E-state index in [9.17, 15) is 9.90 Å². The SMILES string of the molecule is O=C(O)c1ccccc1Nc1ccc(N2CCOCC2)cc1. The second-order valence-electron chi connectivity index (χ2n) is 5.12. The van der Waals surface area contributed by atoms with Crippen LogP contribution in [-0.4, -0.2) is 37.4 Å². The van der Waals surface area contributed by atoms with E-state index in [-0.39, 0.29) is 5.56 Å². The predicted molar refractivity (Wildman–Crippen MR) is 86.2 cm³/mol. The van der Waals surface area contributed by atoms with Crippen LogP contribution in [0.2, 0.25) is 0 Å². The molecule has 3 rings (SSSR count). The average molecular weight is 298 g/mol. The largest absolute Gasteiger partial charge is 0.478 e. The number of carboxylic acid groups (broad SMARTS) is 1. The van der Waals surface area contributed by atoms with Gasteiger partial charge < -0.3 is 20.1 Å². The summed E-state index contributed by atoms with van der Waals surface area (Å²) in [5.74, 6) is -0.937. The normalized spacial score (nSPS) is 14.6. The Bertz CT molecular complexity index is 649. The summed E-state index contributed by atoms with van der Waals surface area (Å²) >= 11 is 0. The summed E-state index contributed by atoms with van der Waals surface area (Å²) in [5, 5.41) is 12.4. The highest BCUT2D eigenvalue weighted by Crippen LogP contribution is 2.24. The predicted octanol–water partition coefficient (Wildman–Crippen LogP) is 2.97. The molecule has 2 aromatic carbocycles. The monoisotopic (exact) mass is 298 g/mol. The Morgan fingerprint density at radius 3 is 2.41 bits per heavy atom. The molecular formula is C17H18N2O3. The molecule has 5 heteroatoms. The molecular weight excluding hydrogens is 280 g/mol. The first kappa shape index (κ1) is 14.4. The number of hydrogen-bond acceptors (Lipinski definition) is 4. The van der Waals surface area contributed by atoms with Crippen molar-refractivity contribution >= 4 is 23.0 Å². The number of anilines is 3. The lowest BCUT2D eigenvalue weighted by molar-refractivity contribution is 0.0698. The Labute approximate surface area is 129 Å². The van der Waals surface area contributed by atoms with Crippen molar-refractivity contribution in [2.45, 2.75) is 0 Å². The molecule has 1 aliphatic heterocycles. The lowest BCUT2D eigenvalue weighted by Gasteiger charge is -2.29. The summed E-state index contributed by atoms with van der Waals surface area (Å²) in [7, 11) is 0. The molecule has 0 aromatic heterocycles. The van der Waals surface area contributed by atoms with Gasteiger partial charge in [0.15, 0.2) is 0 Å². The molecule has 1 heterocycles. The van der Waals surface area contributed by atoms with Gasteiger partial charge in [-0.1, -0.05) is 12.1 Å². The molecule has 0 spiro atoms. The summed E-state index contributed by atoms with van der Waals surface area (Å²) in [5.41, 5.74) is 2.87. The molecule has 1 aliphatic rings. The maximum absolute atomic E-state index is 11.2. The standard InChI is InChI=1S/C17H18N2O3/c20-17(21)15-3-1-2-4-16(15)18-13-5-7-14(8-6-13)19-9-11-22-12-10-19/h1-8,18H,9-12H2,(H,20,21). The number of benzene rings is 2. The van der Waals surface area contributed by atoms with Crippen LogP contribution >= 0.6 is 0 Å². The number of ether oxygens (including phenoxy) is 1. The molecule has 0 atom stereocenters. The topological polar surface area (TPSA) is 61.8 Å². The molecule has 2 N–H and O–H groups in total. The van der Waals surface area contributed by atoms with E-state index < -0.39 is 5.97 Å². The fourth-order valence-electron chi connectivity index (χ4n) is 2.51. The fourth-order valence-corrected chi connectivity index (χ4v) is 2.51. The van der Waals surface area contributed by atoms with Crippen LogP contribution in [0.3, 0.4) is 0 Å². The minimum absolute atomic E-state index is 0.264. The average Bonchev–Trinajstić information content (AvgIpc) is 2.57. The van der Waals surface area contributed by atoms with Crippen LogP contribution in [0.1, 0.15) is 10.4 Å². The van der Waals surface area contributed by atoms with Crippen LogP contribution in [0.5, 0.6) is 0 Å². The lowest BCUT2D eigenvalue weighted by Crippen LogP contribution is -2.36. The number of carboxylic acids is 1. The molecule has 2 aromatic rings. The van der Waals surface area contributed by atoms with E-state index >= 15 is 0 Å². The third-order valence-electron chi connectivity index (χ3n) is 3.68. The number of aromatic carboxylic acids is 1. The first-order valence-electron chi connectivity index (χ1n) is 7.26. The van der Waals surface area contributed by atoms with Crippen molar-refractivity contribution in [2.75, 3.05) is 36.5 Å². The third-order valence-corrected chi connectivity index (χ3v) is 3.68. The fraction of sp³-hybridized carbons (Fsp3) is 0.235. The van der Waals surface area contributed by atoms with Crippen molar-refractivity contribution in [1.29, 1.82) is 0 Å². The Balaban J connectivity index is 1.75. The summed E-state index contributed by atoms with van der Waals surface area (Å²) in [4.78, 5) is 13.5. The second kappa shape index (κ2) is 6.49. The van der Waals surface area contributed by atoms with Gasteiger partial charge in [0.2, 0.25) is 0 Å². The van der Waals surface area contributed by atoms with E-state index in [1.165, 1.54) is 0 Å². The zero-order valence-corrected chi connectivity index (χ0v) is 12.2. The van der Waals surface area contributed by atoms with Gasteiger partial charge in [-0.3, -0.25) is 0 Å². The Hall–Kier alpha value is -2.53. The molecule has 114 valence electrons. The van der Waals surface area contributed by atoms with Crippen molar-refractivity contribution in [3.05, 3.63) is 54.1 Å². The maximum Gasteiger partial charge on any atom is 0.337 e. The molecule has 0 unspecified atom stereocenters. The van der Waals surface area contributed by atoms with Crippen LogP contribution < -0.4 is 10.2 Å². The Morgan fingerprint density at radius 2 is 1.73 bits per heavy atom. The first-order chi connectivity index (χ1) is 10.7. The number of para-hydroxylation sites is 1. The minimum atomic E-state index is -0.937. The van der Waals surface area contributed by atoms with E-state index in [0.29, 0.717) is 5.69 Å². The Morgan fingerprint density at radius 1 is 1.05 bits per heavy atom. The van der Waals surface area contributed by atoms with Crippen molar-refractivity contribution < 1.29 is 14.6 Å². The lowest BCUT2D eigenvalue weighted by atomic mass is 10.1. The number of morpholine rings is 1. The van der Waals surface area contributed by atoms with Gasteiger partial charge in [-0.05, 0) is 36.4 Å². The molecule has 1 fully saturated rings. The highest BCUT2D eigenvalue weighted by molar-refractivity contribution is 5.95. The quantitative estimate of drug-likeness (QED) is 0.908. The zero-order valence-electron chi connectivity index (χ0n) is 12.2. The van der Waals surface area contributed by atoms with Gasteiger partial charge in [0.05, 0.1) is 24.5 Å². The van der Waals surface area contributed by atoms with Crippen molar-refractivity contribution in [3.63, 3.8) is 0 Å². The van der Waals surface area contributed by atoms with Crippen LogP contribution in [-0.2, 0) is 4.74 Å². The number of nitrogens with one attached hydrogen (secondary N) is 1. The number of hydrogen-bond donors (Lipinski definition) is 2. The smallest absolute Gasteiger partial charge is 0.337 e. The van der Waals surface area contributed by atoms with Crippen LogP contribution in [0.15, 0.2) is 48.5 Å². The van der Waals surface area contributed by atoms with Crippen molar-refractivity contribution in [3.8, 4) is 0 Å². The molecule has 0 amide bonds. The van der Waals surface area contributed by atoms with Gasteiger partial charge in [-0.15, -0.1) is 0 Å². The molecule has 0 aliphatic carbocycles. The Kier molecular flexibility index (Phi) is 4.25.